The SMILES string of the molecule is CCC12OC(COC3OC(CO)C(O)C(OC4OC(COC(N)=NCCCCC5CCCCCCCC5)C(O)C(O)C4O)C3O)C(O)C(OC3OC(C(=O)O)C(O)C(O)C3O)C1O2. The van der Waals surface area contributed by atoms with Crippen molar-refractivity contribution >= 4 is 12.0 Å². The lowest BCUT2D eigenvalue weighted by Gasteiger charge is -2.46. The smallest absolute Gasteiger partial charge is 0.335 e. The zero-order chi connectivity index (χ0) is 45.6. The normalized spacial score (nSPS) is 45.4. The number of epoxide rings is 1. The summed E-state index contributed by atoms with van der Waals surface area (Å²) < 4.78 is 51.2. The summed E-state index contributed by atoms with van der Waals surface area (Å²) >= 11 is 0. The molecule has 0 radical (unpaired) electrons. The molecule has 364 valence electrons. The Morgan fingerprint density at radius 3 is 1.92 bits per heavy atom. The maximum absolute atomic E-state index is 11.6. The Labute approximate surface area is 364 Å². The number of hydrogen-bond acceptors (Lipinski definition) is 21. The van der Waals surface area contributed by atoms with Crippen molar-refractivity contribution in [2.24, 2.45) is 16.6 Å². The van der Waals surface area contributed by atoms with Crippen LogP contribution >= 0.6 is 0 Å². The number of carboxylic acid groups (broad SMARTS) is 1. The van der Waals surface area contributed by atoms with Crippen LogP contribution in [-0.4, -0.2) is 217 Å². The number of rotatable bonds is 17. The van der Waals surface area contributed by atoms with Crippen LogP contribution in [0.3, 0.4) is 0 Å². The first-order valence-electron chi connectivity index (χ1n) is 22.2. The average Bonchev–Trinajstić information content (AvgIpc) is 3.97. The fraction of sp³-hybridized carbons (Fsp3) is 0.950. The van der Waals surface area contributed by atoms with Crippen molar-refractivity contribution in [3.8, 4) is 0 Å². The van der Waals surface area contributed by atoms with E-state index in [-0.39, 0.29) is 12.4 Å². The zero-order valence-electron chi connectivity index (χ0n) is 35.4. The molecule has 0 aromatic carbocycles. The molecule has 0 aromatic heterocycles. The minimum atomic E-state index is -1.99. The highest BCUT2D eigenvalue weighted by Crippen LogP contribution is 2.50. The van der Waals surface area contributed by atoms with Gasteiger partial charge in [0.2, 0.25) is 0 Å². The molecule has 6 fully saturated rings. The minimum absolute atomic E-state index is 0.170. The van der Waals surface area contributed by atoms with E-state index in [0.29, 0.717) is 6.54 Å². The molecule has 6 rings (SSSR count). The molecule has 13 N–H and O–H groups in total. The number of fused-ring (bicyclic) bond motifs is 1. The fourth-order valence-electron chi connectivity index (χ4n) is 9.10. The Kier molecular flexibility index (Phi) is 18.2. The topological polar surface area (TPSA) is 364 Å². The fourth-order valence-corrected chi connectivity index (χ4v) is 9.10. The number of aliphatic hydroxyl groups is 10. The van der Waals surface area contributed by atoms with Crippen LogP contribution in [0.2, 0.25) is 0 Å². The van der Waals surface area contributed by atoms with Gasteiger partial charge in [-0.25, -0.2) is 9.79 Å². The van der Waals surface area contributed by atoms with E-state index >= 15 is 0 Å². The molecule has 0 bridgehead atoms. The summed E-state index contributed by atoms with van der Waals surface area (Å²) in [5.74, 6) is -2.26. The van der Waals surface area contributed by atoms with Gasteiger partial charge in [0.25, 0.3) is 6.02 Å². The highest BCUT2D eigenvalue weighted by atomic mass is 16.8. The Hall–Kier alpha value is -1.98. The largest absolute Gasteiger partial charge is 0.479 e. The van der Waals surface area contributed by atoms with E-state index < -0.39 is 148 Å². The number of aliphatic hydroxyl groups excluding tert-OH is 10. The van der Waals surface area contributed by atoms with Gasteiger partial charge in [-0.15, -0.1) is 0 Å². The van der Waals surface area contributed by atoms with Crippen LogP contribution in [0.25, 0.3) is 0 Å². The van der Waals surface area contributed by atoms with Gasteiger partial charge in [-0.05, 0) is 12.3 Å². The lowest BCUT2D eigenvalue weighted by Crippen LogP contribution is -2.65. The third-order valence-electron chi connectivity index (χ3n) is 13.0. The monoisotopic (exact) mass is 912 g/mol. The molecule has 6 aliphatic rings. The second kappa shape index (κ2) is 22.7. The van der Waals surface area contributed by atoms with Crippen LogP contribution in [0.1, 0.15) is 84.0 Å². The Morgan fingerprint density at radius 1 is 0.667 bits per heavy atom. The average molecular weight is 913 g/mol. The zero-order valence-corrected chi connectivity index (χ0v) is 35.4. The number of aliphatic carboxylic acids is 1. The first kappa shape index (κ1) is 50.4. The Bertz CT molecular complexity index is 1460. The van der Waals surface area contributed by atoms with Gasteiger partial charge in [-0.3, -0.25) is 0 Å². The van der Waals surface area contributed by atoms with Crippen LogP contribution in [0.4, 0.5) is 0 Å². The Balaban J connectivity index is 1.03. The first-order chi connectivity index (χ1) is 30.1. The first-order valence-corrected chi connectivity index (χ1v) is 22.2. The van der Waals surface area contributed by atoms with Crippen LogP contribution < -0.4 is 5.73 Å². The molecular weight excluding hydrogens is 844 g/mol. The number of nitrogens with two attached hydrogens (primary N) is 1. The number of carbonyl (C=O) groups is 1. The maximum atomic E-state index is 11.6. The summed E-state index contributed by atoms with van der Waals surface area (Å²) in [7, 11) is 0. The number of hydrogen-bond donors (Lipinski definition) is 12. The summed E-state index contributed by atoms with van der Waals surface area (Å²) in [5, 5.41) is 116. The van der Waals surface area contributed by atoms with Gasteiger partial charge in [-0.2, -0.15) is 0 Å². The molecule has 5 saturated heterocycles. The number of nitrogens with zero attached hydrogens (tertiary/aromatic N) is 1. The molecule has 5 heterocycles. The molecule has 5 aliphatic heterocycles. The van der Waals surface area contributed by atoms with Crippen LogP contribution in [0, 0.1) is 5.92 Å². The molecule has 1 aliphatic carbocycles. The molecule has 0 spiro atoms. The third-order valence-corrected chi connectivity index (χ3v) is 13.0. The second-order valence-corrected chi connectivity index (χ2v) is 17.4. The van der Waals surface area contributed by atoms with E-state index in [1.54, 1.807) is 6.92 Å². The molecule has 23 heteroatoms. The van der Waals surface area contributed by atoms with Crippen LogP contribution in [-0.2, 0) is 47.4 Å². The van der Waals surface area contributed by atoms with E-state index in [1.807, 2.05) is 0 Å². The van der Waals surface area contributed by atoms with Gasteiger partial charge >= 0.3 is 5.97 Å². The van der Waals surface area contributed by atoms with Crippen molar-refractivity contribution in [3.05, 3.63) is 0 Å². The van der Waals surface area contributed by atoms with Crippen molar-refractivity contribution < 1.29 is 104 Å². The van der Waals surface area contributed by atoms with Gasteiger partial charge in [0.1, 0.15) is 98.2 Å². The molecule has 23 nitrogen and oxygen atoms in total. The van der Waals surface area contributed by atoms with Gasteiger partial charge in [0.15, 0.2) is 30.8 Å². The van der Waals surface area contributed by atoms with E-state index in [2.05, 4.69) is 4.99 Å². The number of carboxylic acids is 1. The Morgan fingerprint density at radius 2 is 1.27 bits per heavy atom. The van der Waals surface area contributed by atoms with Crippen molar-refractivity contribution in [2.75, 3.05) is 26.4 Å². The summed E-state index contributed by atoms with van der Waals surface area (Å²) in [5.41, 5.74) is 5.98. The lowest BCUT2D eigenvalue weighted by molar-refractivity contribution is -0.363. The molecule has 0 amide bonds. The van der Waals surface area contributed by atoms with Gasteiger partial charge < -0.3 is 105 Å². The molecule has 1 saturated carbocycles. The quantitative estimate of drug-likeness (QED) is 0.0291. The summed E-state index contributed by atoms with van der Waals surface area (Å²) in [6.45, 7) is 0.312. The van der Waals surface area contributed by atoms with Gasteiger partial charge in [0, 0.05) is 13.0 Å². The summed E-state index contributed by atoms with van der Waals surface area (Å²) in [6, 6.07) is -0.170. The van der Waals surface area contributed by atoms with E-state index in [4.69, 9.17) is 48.4 Å². The van der Waals surface area contributed by atoms with Crippen molar-refractivity contribution in [1.82, 2.24) is 0 Å². The number of ether oxygens (including phenoxy) is 9. The number of aliphatic imine (C=N–C) groups is 1. The summed E-state index contributed by atoms with van der Waals surface area (Å²) in [4.78, 5) is 15.9. The van der Waals surface area contributed by atoms with Gasteiger partial charge in [0.05, 0.1) is 13.2 Å². The predicted octanol–water partition coefficient (Wildman–Crippen LogP) is -3.57. The lowest BCUT2D eigenvalue weighted by atomic mass is 9.92. The van der Waals surface area contributed by atoms with Crippen LogP contribution in [0.5, 0.6) is 0 Å². The van der Waals surface area contributed by atoms with Gasteiger partial charge in [-0.1, -0.05) is 71.1 Å². The highest BCUT2D eigenvalue weighted by Gasteiger charge is 2.69. The standard InChI is InChI=1S/C40H68N2O21/c1-2-40-34(63-40)32(60-38-29(51)26(48)27(49)33(61-38)35(53)54)24(46)21(62-40)17-55-36-30(52)31(23(45)19(15-43)57-36)59-37-28(50)25(47)22(44)20(58-37)16-56-39(41)42-14-10-9-13-18-11-7-5-3-4-6-8-12-18/h18-34,36-38,43-52H,2-17H2,1H3,(H2,41,42)(H,53,54). The van der Waals surface area contributed by atoms with Crippen molar-refractivity contribution in [3.63, 3.8) is 0 Å². The molecule has 63 heavy (non-hydrogen) atoms. The molecule has 20 unspecified atom stereocenters. The van der Waals surface area contributed by atoms with Crippen LogP contribution in [0.15, 0.2) is 4.99 Å². The molecule has 0 aromatic rings. The highest BCUT2D eigenvalue weighted by molar-refractivity contribution is 5.73. The minimum Gasteiger partial charge on any atom is -0.479 e. The van der Waals surface area contributed by atoms with Crippen molar-refractivity contribution in [2.45, 2.75) is 206 Å². The number of amidine groups is 1. The molecule has 20 atom stereocenters. The van der Waals surface area contributed by atoms with E-state index in [9.17, 15) is 61.0 Å². The van der Waals surface area contributed by atoms with E-state index in [0.717, 1.165) is 25.2 Å². The second-order valence-electron chi connectivity index (χ2n) is 17.4. The number of unbranched alkanes of at least 4 members (excludes halogenated alkanes) is 1. The maximum Gasteiger partial charge on any atom is 0.335 e. The molecular formula is C40H68N2O21. The third kappa shape index (κ3) is 12.0. The summed E-state index contributed by atoms with van der Waals surface area (Å²) in [6.07, 6.45) is -18.6. The predicted molar refractivity (Wildman–Crippen MR) is 210 cm³/mol. The van der Waals surface area contributed by atoms with E-state index in [1.165, 1.54) is 51.4 Å². The van der Waals surface area contributed by atoms with Crippen molar-refractivity contribution in [1.29, 1.82) is 0 Å².